The molecule has 1 aliphatic rings. The van der Waals surface area contributed by atoms with Crippen molar-refractivity contribution in [2.45, 2.75) is 19.3 Å². The third-order valence-corrected chi connectivity index (χ3v) is 3.33. The van der Waals surface area contributed by atoms with E-state index in [-0.39, 0.29) is 12.4 Å². The van der Waals surface area contributed by atoms with Crippen molar-refractivity contribution >= 4 is 5.69 Å². The number of benzene rings is 1. The number of nitrogens with zero attached hydrogens (tertiary/aromatic N) is 1. The SMILES string of the molecule is OCCC1CCN(c2cccc(F)c2)CC1. The standard InChI is InChI=1S/C13H18FNO/c14-12-2-1-3-13(10-12)15-7-4-11(5-8-15)6-9-16/h1-3,10-11,16H,4-9H2. The van der Waals surface area contributed by atoms with E-state index in [1.54, 1.807) is 12.1 Å². The Hall–Kier alpha value is -1.09. The highest BCUT2D eigenvalue weighted by Crippen LogP contribution is 2.25. The van der Waals surface area contributed by atoms with Gasteiger partial charge in [-0.25, -0.2) is 4.39 Å². The minimum atomic E-state index is -0.171. The molecule has 0 atom stereocenters. The van der Waals surface area contributed by atoms with Crippen LogP contribution in [0.15, 0.2) is 24.3 Å². The second kappa shape index (κ2) is 5.30. The van der Waals surface area contributed by atoms with Gasteiger partial charge in [-0.1, -0.05) is 6.07 Å². The summed E-state index contributed by atoms with van der Waals surface area (Å²) in [4.78, 5) is 2.22. The van der Waals surface area contributed by atoms with Crippen molar-refractivity contribution in [3.63, 3.8) is 0 Å². The van der Waals surface area contributed by atoms with E-state index in [0.29, 0.717) is 5.92 Å². The van der Waals surface area contributed by atoms with Gasteiger partial charge in [-0.05, 0) is 43.4 Å². The van der Waals surface area contributed by atoms with Crippen molar-refractivity contribution in [1.29, 1.82) is 0 Å². The van der Waals surface area contributed by atoms with Gasteiger partial charge in [0.15, 0.2) is 0 Å². The molecule has 0 spiro atoms. The Morgan fingerprint density at radius 3 is 2.69 bits per heavy atom. The molecule has 0 radical (unpaired) electrons. The Morgan fingerprint density at radius 1 is 1.31 bits per heavy atom. The highest BCUT2D eigenvalue weighted by molar-refractivity contribution is 5.46. The van der Waals surface area contributed by atoms with Crippen LogP contribution in [0.2, 0.25) is 0 Å². The summed E-state index contributed by atoms with van der Waals surface area (Å²) in [7, 11) is 0. The smallest absolute Gasteiger partial charge is 0.125 e. The van der Waals surface area contributed by atoms with Gasteiger partial charge in [0.2, 0.25) is 0 Å². The van der Waals surface area contributed by atoms with Crippen LogP contribution < -0.4 is 4.90 Å². The molecule has 88 valence electrons. The van der Waals surface area contributed by atoms with E-state index in [1.165, 1.54) is 6.07 Å². The summed E-state index contributed by atoms with van der Waals surface area (Å²) in [6.45, 7) is 2.22. The molecule has 0 saturated carbocycles. The van der Waals surface area contributed by atoms with Gasteiger partial charge in [0.1, 0.15) is 5.82 Å². The summed E-state index contributed by atoms with van der Waals surface area (Å²) in [6.07, 6.45) is 3.09. The van der Waals surface area contributed by atoms with E-state index < -0.39 is 0 Å². The third-order valence-electron chi connectivity index (χ3n) is 3.33. The number of rotatable bonds is 3. The van der Waals surface area contributed by atoms with Crippen LogP contribution >= 0.6 is 0 Å². The lowest BCUT2D eigenvalue weighted by Crippen LogP contribution is -2.33. The van der Waals surface area contributed by atoms with Gasteiger partial charge in [0, 0.05) is 25.4 Å². The molecule has 1 fully saturated rings. The Labute approximate surface area is 95.7 Å². The molecule has 3 heteroatoms. The van der Waals surface area contributed by atoms with Crippen molar-refractivity contribution in [1.82, 2.24) is 0 Å². The fraction of sp³-hybridized carbons (Fsp3) is 0.538. The number of halogens is 1. The van der Waals surface area contributed by atoms with Crippen LogP contribution in [0, 0.1) is 11.7 Å². The molecule has 0 aromatic heterocycles. The Bertz CT molecular complexity index is 334. The molecule has 1 aliphatic heterocycles. The number of anilines is 1. The van der Waals surface area contributed by atoms with E-state index in [4.69, 9.17) is 5.11 Å². The second-order valence-corrected chi connectivity index (χ2v) is 4.42. The average molecular weight is 223 g/mol. The Balaban J connectivity index is 1.94. The molecule has 1 aromatic rings. The van der Waals surface area contributed by atoms with Gasteiger partial charge in [0.05, 0.1) is 0 Å². The van der Waals surface area contributed by atoms with Crippen LogP contribution in [0.3, 0.4) is 0 Å². The molecule has 1 N–H and O–H groups in total. The van der Waals surface area contributed by atoms with Crippen LogP contribution in [0.5, 0.6) is 0 Å². The van der Waals surface area contributed by atoms with Gasteiger partial charge in [-0.2, -0.15) is 0 Å². The first kappa shape index (κ1) is 11.4. The first-order chi connectivity index (χ1) is 7.79. The first-order valence-corrected chi connectivity index (χ1v) is 5.91. The quantitative estimate of drug-likeness (QED) is 0.850. The minimum absolute atomic E-state index is 0.171. The summed E-state index contributed by atoms with van der Waals surface area (Å²) >= 11 is 0. The summed E-state index contributed by atoms with van der Waals surface area (Å²) < 4.78 is 13.1. The van der Waals surface area contributed by atoms with Crippen LogP contribution in [0.4, 0.5) is 10.1 Å². The highest BCUT2D eigenvalue weighted by atomic mass is 19.1. The van der Waals surface area contributed by atoms with Gasteiger partial charge >= 0.3 is 0 Å². The van der Waals surface area contributed by atoms with E-state index >= 15 is 0 Å². The van der Waals surface area contributed by atoms with Crippen molar-refractivity contribution < 1.29 is 9.50 Å². The van der Waals surface area contributed by atoms with Gasteiger partial charge in [-0.3, -0.25) is 0 Å². The third kappa shape index (κ3) is 2.73. The Morgan fingerprint density at radius 2 is 2.06 bits per heavy atom. The number of aliphatic hydroxyl groups is 1. The van der Waals surface area contributed by atoms with Crippen molar-refractivity contribution in [3.05, 3.63) is 30.1 Å². The van der Waals surface area contributed by atoms with Crippen LogP contribution in [-0.2, 0) is 0 Å². The molecule has 1 aromatic carbocycles. The largest absolute Gasteiger partial charge is 0.396 e. The number of hydrogen-bond acceptors (Lipinski definition) is 2. The molecule has 2 nitrogen and oxygen atoms in total. The van der Waals surface area contributed by atoms with Gasteiger partial charge in [-0.15, -0.1) is 0 Å². The summed E-state index contributed by atoms with van der Waals surface area (Å²) in [5.74, 6) is 0.463. The monoisotopic (exact) mass is 223 g/mol. The predicted molar refractivity (Wildman–Crippen MR) is 63.0 cm³/mol. The average Bonchev–Trinajstić information content (AvgIpc) is 2.30. The molecule has 0 unspecified atom stereocenters. The van der Waals surface area contributed by atoms with Crippen LogP contribution in [-0.4, -0.2) is 24.8 Å². The zero-order valence-corrected chi connectivity index (χ0v) is 9.40. The fourth-order valence-corrected chi connectivity index (χ4v) is 2.34. The topological polar surface area (TPSA) is 23.5 Å². The molecular weight excluding hydrogens is 205 g/mol. The molecule has 0 amide bonds. The maximum atomic E-state index is 13.1. The van der Waals surface area contributed by atoms with Crippen molar-refractivity contribution in [2.24, 2.45) is 5.92 Å². The molecule has 2 rings (SSSR count). The summed E-state index contributed by atoms with van der Waals surface area (Å²) in [6, 6.07) is 6.77. The van der Waals surface area contributed by atoms with Gasteiger partial charge in [0.25, 0.3) is 0 Å². The lowest BCUT2D eigenvalue weighted by Gasteiger charge is -2.33. The lowest BCUT2D eigenvalue weighted by atomic mass is 9.93. The zero-order chi connectivity index (χ0) is 11.4. The van der Waals surface area contributed by atoms with Crippen molar-refractivity contribution in [2.75, 3.05) is 24.6 Å². The molecular formula is C13H18FNO. The second-order valence-electron chi connectivity index (χ2n) is 4.42. The molecule has 0 bridgehead atoms. The fourth-order valence-electron chi connectivity index (χ4n) is 2.34. The van der Waals surface area contributed by atoms with E-state index in [2.05, 4.69) is 4.90 Å². The van der Waals surface area contributed by atoms with Gasteiger partial charge < -0.3 is 10.0 Å². The summed E-state index contributed by atoms with van der Waals surface area (Å²) in [5.41, 5.74) is 0.974. The zero-order valence-electron chi connectivity index (χ0n) is 9.40. The minimum Gasteiger partial charge on any atom is -0.396 e. The first-order valence-electron chi connectivity index (χ1n) is 5.91. The molecule has 16 heavy (non-hydrogen) atoms. The molecule has 1 heterocycles. The van der Waals surface area contributed by atoms with E-state index in [9.17, 15) is 4.39 Å². The maximum Gasteiger partial charge on any atom is 0.125 e. The van der Waals surface area contributed by atoms with E-state index in [0.717, 1.165) is 38.0 Å². The van der Waals surface area contributed by atoms with E-state index in [1.807, 2.05) is 6.07 Å². The lowest BCUT2D eigenvalue weighted by molar-refractivity contribution is 0.240. The number of hydrogen-bond donors (Lipinski definition) is 1. The highest BCUT2D eigenvalue weighted by Gasteiger charge is 2.18. The predicted octanol–water partition coefficient (Wildman–Crippen LogP) is 2.42. The van der Waals surface area contributed by atoms with Crippen LogP contribution in [0.1, 0.15) is 19.3 Å². The maximum absolute atomic E-state index is 13.1. The van der Waals surface area contributed by atoms with Crippen LogP contribution in [0.25, 0.3) is 0 Å². The summed E-state index contributed by atoms with van der Waals surface area (Å²) in [5, 5.41) is 8.87. The van der Waals surface area contributed by atoms with Crippen molar-refractivity contribution in [3.8, 4) is 0 Å². The Kier molecular flexibility index (Phi) is 3.78. The normalized spacial score (nSPS) is 17.8. The molecule has 0 aliphatic carbocycles. The number of aliphatic hydroxyl groups excluding tert-OH is 1. The molecule has 1 saturated heterocycles. The number of piperidine rings is 1.